The molecule has 0 radical (unpaired) electrons. The zero-order valence-electron chi connectivity index (χ0n) is 22.2. The van der Waals surface area contributed by atoms with Gasteiger partial charge in [0.25, 0.3) is 5.91 Å². The number of nitrogens with one attached hydrogen (secondary N) is 1. The zero-order chi connectivity index (χ0) is 26.2. The molecule has 1 amide bonds. The summed E-state index contributed by atoms with van der Waals surface area (Å²) in [7, 11) is 0. The number of carboxylic acids is 1. The third kappa shape index (κ3) is 7.37. The number of thioether (sulfide) groups is 1. The lowest BCUT2D eigenvalue weighted by molar-refractivity contribution is -0.139. The van der Waals surface area contributed by atoms with E-state index >= 15 is 0 Å². The SMILES string of the molecule is CSCC[C@H](NC(=O)c1ccc(CN2CCCC2CN2CCCCC2)cc1-c1ccccc1C)C(=O)O. The standard InChI is InChI=1S/C30H41N3O3S/c1-22-9-4-5-11-25(22)27-19-23(12-13-26(27)29(34)31-28(30(35)36)14-18-37-2)20-33-17-8-10-24(33)21-32-15-6-3-7-16-32/h4-5,9,11-13,19,24,28H,3,6-8,10,14-18,20-21H2,1-2H3,(H,31,34)(H,35,36)/t24?,28-/m0/s1. The minimum absolute atomic E-state index is 0.331. The summed E-state index contributed by atoms with van der Waals surface area (Å²) in [6.45, 7) is 7.62. The Bertz CT molecular complexity index is 1070. The van der Waals surface area contributed by atoms with Crippen LogP contribution in [0.3, 0.4) is 0 Å². The molecule has 1 unspecified atom stereocenters. The van der Waals surface area contributed by atoms with Crippen LogP contribution < -0.4 is 5.32 Å². The number of aliphatic carboxylic acids is 1. The molecule has 0 saturated carbocycles. The van der Waals surface area contributed by atoms with E-state index in [1.165, 1.54) is 50.8 Å². The molecular formula is C30H41N3O3S. The third-order valence-corrected chi connectivity index (χ3v) is 8.42. The molecule has 2 aliphatic rings. The Labute approximate surface area is 225 Å². The second-order valence-corrected chi connectivity index (χ2v) is 11.5. The number of hydrogen-bond donors (Lipinski definition) is 2. The summed E-state index contributed by atoms with van der Waals surface area (Å²) in [4.78, 5) is 30.4. The molecule has 7 heteroatoms. The van der Waals surface area contributed by atoms with Gasteiger partial charge in [-0.25, -0.2) is 4.79 Å². The van der Waals surface area contributed by atoms with Gasteiger partial charge in [-0.05, 0) is 105 Å². The highest BCUT2D eigenvalue weighted by Crippen LogP contribution is 2.30. The van der Waals surface area contributed by atoms with Crippen molar-refractivity contribution in [3.05, 3.63) is 59.2 Å². The first-order chi connectivity index (χ1) is 18.0. The summed E-state index contributed by atoms with van der Waals surface area (Å²) in [6.07, 6.45) is 8.80. The third-order valence-electron chi connectivity index (χ3n) is 7.78. The van der Waals surface area contributed by atoms with Gasteiger partial charge in [0.15, 0.2) is 0 Å². The predicted octanol–water partition coefficient (Wildman–Crippen LogP) is 5.05. The Hall–Kier alpha value is -2.35. The van der Waals surface area contributed by atoms with Crippen LogP contribution in [0.2, 0.25) is 0 Å². The first-order valence-electron chi connectivity index (χ1n) is 13.6. The molecule has 2 aromatic rings. The van der Waals surface area contributed by atoms with E-state index in [1.807, 2.05) is 36.6 Å². The van der Waals surface area contributed by atoms with Crippen LogP contribution in [0.4, 0.5) is 0 Å². The summed E-state index contributed by atoms with van der Waals surface area (Å²) < 4.78 is 0. The second kappa shape index (κ2) is 13.4. The van der Waals surface area contributed by atoms with Gasteiger partial charge in [-0.3, -0.25) is 9.69 Å². The normalized spacial score (nSPS) is 19.6. The zero-order valence-corrected chi connectivity index (χ0v) is 23.1. The van der Waals surface area contributed by atoms with Crippen LogP contribution >= 0.6 is 11.8 Å². The highest BCUT2D eigenvalue weighted by atomic mass is 32.2. The number of piperidine rings is 1. The van der Waals surface area contributed by atoms with E-state index in [0.717, 1.165) is 36.3 Å². The smallest absolute Gasteiger partial charge is 0.326 e. The summed E-state index contributed by atoms with van der Waals surface area (Å²) in [6, 6.07) is 13.8. The number of hydrogen-bond acceptors (Lipinski definition) is 5. The van der Waals surface area contributed by atoms with Gasteiger partial charge in [-0.1, -0.05) is 36.8 Å². The molecule has 2 aliphatic heterocycles. The van der Waals surface area contributed by atoms with E-state index in [4.69, 9.17) is 0 Å². The van der Waals surface area contributed by atoms with Crippen molar-refractivity contribution in [3.63, 3.8) is 0 Å². The molecule has 37 heavy (non-hydrogen) atoms. The van der Waals surface area contributed by atoms with Crippen molar-refractivity contribution in [3.8, 4) is 11.1 Å². The number of rotatable bonds is 11. The number of carbonyl (C=O) groups is 2. The average Bonchev–Trinajstić information content (AvgIpc) is 3.33. The minimum atomic E-state index is -0.995. The van der Waals surface area contributed by atoms with Gasteiger partial charge in [0, 0.05) is 24.7 Å². The summed E-state index contributed by atoms with van der Waals surface area (Å²) >= 11 is 1.58. The van der Waals surface area contributed by atoms with Crippen LogP contribution in [0.1, 0.15) is 60.0 Å². The second-order valence-electron chi connectivity index (χ2n) is 10.5. The van der Waals surface area contributed by atoms with E-state index in [0.29, 0.717) is 23.8 Å². The molecule has 0 bridgehead atoms. The van der Waals surface area contributed by atoms with Crippen LogP contribution in [0.25, 0.3) is 11.1 Å². The lowest BCUT2D eigenvalue weighted by atomic mass is 9.93. The number of carboxylic acid groups (broad SMARTS) is 1. The number of nitrogens with zero attached hydrogens (tertiary/aromatic N) is 2. The predicted molar refractivity (Wildman–Crippen MR) is 152 cm³/mol. The maximum absolute atomic E-state index is 13.4. The van der Waals surface area contributed by atoms with Crippen LogP contribution in [-0.4, -0.2) is 77.1 Å². The molecule has 0 aromatic heterocycles. The topological polar surface area (TPSA) is 72.9 Å². The van der Waals surface area contributed by atoms with Gasteiger partial charge < -0.3 is 15.3 Å². The Kier molecular flexibility index (Phi) is 10.1. The molecular weight excluding hydrogens is 482 g/mol. The molecule has 2 fully saturated rings. The molecule has 4 rings (SSSR count). The first kappa shape index (κ1) is 27.7. The largest absolute Gasteiger partial charge is 0.480 e. The number of benzene rings is 2. The lowest BCUT2D eigenvalue weighted by Crippen LogP contribution is -2.42. The fourth-order valence-corrected chi connectivity index (χ4v) is 6.17. The Morgan fingerprint density at radius 3 is 2.57 bits per heavy atom. The number of likely N-dealkylation sites (tertiary alicyclic amines) is 2. The van der Waals surface area contributed by atoms with Crippen molar-refractivity contribution >= 4 is 23.6 Å². The Balaban J connectivity index is 1.57. The van der Waals surface area contributed by atoms with Gasteiger partial charge in [-0.2, -0.15) is 11.8 Å². The lowest BCUT2D eigenvalue weighted by Gasteiger charge is -2.33. The molecule has 2 atom stereocenters. The molecule has 2 N–H and O–H groups in total. The Morgan fingerprint density at radius 1 is 1.05 bits per heavy atom. The summed E-state index contributed by atoms with van der Waals surface area (Å²) in [5.74, 6) is -0.650. The average molecular weight is 524 g/mol. The van der Waals surface area contributed by atoms with Gasteiger partial charge in [-0.15, -0.1) is 0 Å². The molecule has 2 aromatic carbocycles. The van der Waals surface area contributed by atoms with Crippen molar-refractivity contribution < 1.29 is 14.7 Å². The molecule has 6 nitrogen and oxygen atoms in total. The maximum Gasteiger partial charge on any atom is 0.326 e. The quantitative estimate of drug-likeness (QED) is 0.430. The summed E-state index contributed by atoms with van der Waals surface area (Å²) in [5, 5.41) is 12.4. The number of carbonyl (C=O) groups excluding carboxylic acids is 1. The van der Waals surface area contributed by atoms with E-state index < -0.39 is 12.0 Å². The van der Waals surface area contributed by atoms with Gasteiger partial charge in [0.1, 0.15) is 6.04 Å². The van der Waals surface area contributed by atoms with Crippen LogP contribution in [-0.2, 0) is 11.3 Å². The van der Waals surface area contributed by atoms with Crippen molar-refractivity contribution in [1.82, 2.24) is 15.1 Å². The molecule has 200 valence electrons. The fraction of sp³-hybridized carbons (Fsp3) is 0.533. The molecule has 0 spiro atoms. The molecule has 2 heterocycles. The van der Waals surface area contributed by atoms with Crippen molar-refractivity contribution in [2.45, 2.75) is 64.1 Å². The minimum Gasteiger partial charge on any atom is -0.480 e. The van der Waals surface area contributed by atoms with E-state index in [-0.39, 0.29) is 5.91 Å². The van der Waals surface area contributed by atoms with Crippen molar-refractivity contribution in [2.24, 2.45) is 0 Å². The fourth-order valence-electron chi connectivity index (χ4n) is 5.70. The monoisotopic (exact) mass is 523 g/mol. The number of amides is 1. The van der Waals surface area contributed by atoms with E-state index in [9.17, 15) is 14.7 Å². The highest BCUT2D eigenvalue weighted by molar-refractivity contribution is 7.98. The van der Waals surface area contributed by atoms with Gasteiger partial charge in [0.2, 0.25) is 0 Å². The molecule has 0 aliphatic carbocycles. The van der Waals surface area contributed by atoms with Crippen LogP contribution in [0.15, 0.2) is 42.5 Å². The van der Waals surface area contributed by atoms with Crippen LogP contribution in [0, 0.1) is 6.92 Å². The Morgan fingerprint density at radius 2 is 1.84 bits per heavy atom. The maximum atomic E-state index is 13.4. The van der Waals surface area contributed by atoms with Crippen molar-refractivity contribution in [1.29, 1.82) is 0 Å². The highest BCUT2D eigenvalue weighted by Gasteiger charge is 2.28. The van der Waals surface area contributed by atoms with E-state index in [1.54, 1.807) is 11.8 Å². The summed E-state index contributed by atoms with van der Waals surface area (Å²) in [5.41, 5.74) is 4.69. The van der Waals surface area contributed by atoms with Crippen LogP contribution in [0.5, 0.6) is 0 Å². The van der Waals surface area contributed by atoms with Gasteiger partial charge in [0.05, 0.1) is 0 Å². The van der Waals surface area contributed by atoms with Crippen molar-refractivity contribution in [2.75, 3.05) is 38.2 Å². The first-order valence-corrected chi connectivity index (χ1v) is 15.0. The number of aryl methyl sites for hydroxylation is 1. The molecule has 2 saturated heterocycles. The van der Waals surface area contributed by atoms with Gasteiger partial charge >= 0.3 is 5.97 Å². The van der Waals surface area contributed by atoms with E-state index in [2.05, 4.69) is 34.2 Å².